The second-order valence-corrected chi connectivity index (χ2v) is 3.63. The predicted molar refractivity (Wildman–Crippen MR) is 63.3 cm³/mol. The molecule has 1 aromatic heterocycles. The lowest BCUT2D eigenvalue weighted by Gasteiger charge is -1.99. The van der Waals surface area contributed by atoms with Gasteiger partial charge in [-0.2, -0.15) is 0 Å². The molecule has 2 aromatic carbocycles. The minimum absolute atomic E-state index is 1.20. The summed E-state index contributed by atoms with van der Waals surface area (Å²) in [4.78, 5) is 0. The zero-order chi connectivity index (χ0) is 10.1. The molecule has 0 aliphatic rings. The summed E-state index contributed by atoms with van der Waals surface area (Å²) in [5.41, 5.74) is 1.20. The lowest BCUT2D eigenvalue weighted by molar-refractivity contribution is 1.09. The molecule has 0 aliphatic heterocycles. The van der Waals surface area contributed by atoms with Gasteiger partial charge in [0.05, 0.1) is 0 Å². The van der Waals surface area contributed by atoms with Crippen molar-refractivity contribution in [3.05, 3.63) is 67.0 Å². The summed E-state index contributed by atoms with van der Waals surface area (Å²) in [5, 5.41) is 2.56. The Kier molecular flexibility index (Phi) is 1.82. The Morgan fingerprint density at radius 1 is 0.600 bits per heavy atom. The van der Waals surface area contributed by atoms with Gasteiger partial charge in [-0.1, -0.05) is 42.5 Å². The fraction of sp³-hybridized carbons (Fsp3) is 0. The minimum atomic E-state index is 1.20. The van der Waals surface area contributed by atoms with Gasteiger partial charge in [-0.3, -0.25) is 0 Å². The van der Waals surface area contributed by atoms with Crippen molar-refractivity contribution in [1.82, 2.24) is 4.57 Å². The summed E-state index contributed by atoms with van der Waals surface area (Å²) in [6.45, 7) is 0. The number of para-hydroxylation sites is 1. The first kappa shape index (κ1) is 8.30. The smallest absolute Gasteiger partial charge is 0.0449 e. The Hall–Kier alpha value is -2.02. The Balaban J connectivity index is 2.21. The van der Waals surface area contributed by atoms with Crippen LogP contribution >= 0.6 is 0 Å². The van der Waals surface area contributed by atoms with Gasteiger partial charge in [-0.05, 0) is 22.9 Å². The summed E-state index contributed by atoms with van der Waals surface area (Å²) < 4.78 is 2.16. The molecule has 1 nitrogen and oxygen atoms in total. The van der Waals surface area contributed by atoms with Crippen LogP contribution in [-0.2, 0) is 0 Å². The maximum atomic E-state index is 2.16. The maximum absolute atomic E-state index is 2.16. The highest BCUT2D eigenvalue weighted by Gasteiger charge is 1.98. The first-order chi connectivity index (χ1) is 7.43. The van der Waals surface area contributed by atoms with Gasteiger partial charge in [0.1, 0.15) is 0 Å². The van der Waals surface area contributed by atoms with Gasteiger partial charge in [0.15, 0.2) is 0 Å². The number of aromatic nitrogens is 1. The van der Waals surface area contributed by atoms with Crippen LogP contribution in [0.4, 0.5) is 0 Å². The van der Waals surface area contributed by atoms with E-state index in [1.165, 1.54) is 16.5 Å². The van der Waals surface area contributed by atoms with E-state index >= 15 is 0 Å². The topological polar surface area (TPSA) is 4.93 Å². The third kappa shape index (κ3) is 1.42. The Morgan fingerprint density at radius 2 is 1.13 bits per heavy atom. The van der Waals surface area contributed by atoms with Crippen LogP contribution in [0, 0.1) is 0 Å². The zero-order valence-electron chi connectivity index (χ0n) is 8.30. The minimum Gasteiger partial charge on any atom is -0.323 e. The van der Waals surface area contributed by atoms with E-state index < -0.39 is 0 Å². The molecule has 0 bridgehead atoms. The molecule has 0 radical (unpaired) electrons. The highest BCUT2D eigenvalue weighted by atomic mass is 14.9. The Morgan fingerprint density at radius 3 is 1.73 bits per heavy atom. The van der Waals surface area contributed by atoms with E-state index in [-0.39, 0.29) is 0 Å². The van der Waals surface area contributed by atoms with Crippen LogP contribution in [0.25, 0.3) is 16.5 Å². The molecular formula is C14H11N. The summed E-state index contributed by atoms with van der Waals surface area (Å²) in [6.07, 6.45) is 4.31. The molecule has 0 unspecified atom stereocenters. The van der Waals surface area contributed by atoms with Gasteiger partial charge in [-0.25, -0.2) is 0 Å². The number of nitrogens with zero attached hydrogens (tertiary/aromatic N) is 1. The summed E-state index contributed by atoms with van der Waals surface area (Å²) >= 11 is 0. The monoisotopic (exact) mass is 193 g/mol. The van der Waals surface area contributed by atoms with Crippen LogP contribution in [0.1, 0.15) is 0 Å². The number of benzene rings is 2. The number of hydrogen-bond acceptors (Lipinski definition) is 0. The van der Waals surface area contributed by atoms with Crippen LogP contribution in [0.15, 0.2) is 67.0 Å². The van der Waals surface area contributed by atoms with E-state index in [2.05, 4.69) is 65.5 Å². The highest BCUT2D eigenvalue weighted by Crippen LogP contribution is 2.18. The van der Waals surface area contributed by atoms with Crippen LogP contribution in [-0.4, -0.2) is 4.57 Å². The molecule has 3 aromatic rings. The molecule has 0 N–H and O–H groups in total. The largest absolute Gasteiger partial charge is 0.323 e. The van der Waals surface area contributed by atoms with Gasteiger partial charge in [0.25, 0.3) is 0 Å². The average Bonchev–Trinajstić information content (AvgIpc) is 2.74. The van der Waals surface area contributed by atoms with E-state index in [9.17, 15) is 0 Å². The maximum Gasteiger partial charge on any atom is 0.0449 e. The standard InChI is InChI=1S/C14H11N/c1-2-8-14(9-3-1)15-10-12-6-4-5-7-13(12)11-15/h1-11H. The van der Waals surface area contributed by atoms with Crippen molar-refractivity contribution < 1.29 is 0 Å². The third-order valence-electron chi connectivity index (χ3n) is 2.61. The van der Waals surface area contributed by atoms with Crippen LogP contribution in [0.5, 0.6) is 0 Å². The first-order valence-electron chi connectivity index (χ1n) is 5.06. The lowest BCUT2D eigenvalue weighted by atomic mass is 10.2. The van der Waals surface area contributed by atoms with Gasteiger partial charge >= 0.3 is 0 Å². The average molecular weight is 193 g/mol. The van der Waals surface area contributed by atoms with Gasteiger partial charge in [0, 0.05) is 18.1 Å². The SMILES string of the molecule is c1ccc(-n2cc3ccccc3c2)cc1. The van der Waals surface area contributed by atoms with Crippen molar-refractivity contribution >= 4 is 10.8 Å². The second-order valence-electron chi connectivity index (χ2n) is 3.63. The molecular weight excluding hydrogens is 182 g/mol. The molecule has 3 rings (SSSR count). The number of rotatable bonds is 1. The molecule has 1 heteroatoms. The molecule has 0 atom stereocenters. The van der Waals surface area contributed by atoms with E-state index in [1.54, 1.807) is 0 Å². The van der Waals surface area contributed by atoms with Crippen molar-refractivity contribution in [3.8, 4) is 5.69 Å². The summed E-state index contributed by atoms with van der Waals surface area (Å²) in [6, 6.07) is 18.8. The Labute approximate surface area is 88.6 Å². The lowest BCUT2D eigenvalue weighted by Crippen LogP contribution is -1.86. The molecule has 1 heterocycles. The normalized spacial score (nSPS) is 10.7. The Bertz CT molecular complexity index is 545. The van der Waals surface area contributed by atoms with Crippen molar-refractivity contribution in [2.45, 2.75) is 0 Å². The van der Waals surface area contributed by atoms with Crippen LogP contribution in [0.3, 0.4) is 0 Å². The van der Waals surface area contributed by atoms with Crippen molar-refractivity contribution in [2.24, 2.45) is 0 Å². The molecule has 72 valence electrons. The van der Waals surface area contributed by atoms with E-state index in [1.807, 2.05) is 6.07 Å². The number of fused-ring (bicyclic) bond motifs is 1. The highest BCUT2D eigenvalue weighted by molar-refractivity contribution is 5.82. The predicted octanol–water partition coefficient (Wildman–Crippen LogP) is 3.63. The quantitative estimate of drug-likeness (QED) is 0.556. The van der Waals surface area contributed by atoms with Gasteiger partial charge in [0.2, 0.25) is 0 Å². The zero-order valence-corrected chi connectivity index (χ0v) is 8.30. The molecule has 0 fully saturated rings. The van der Waals surface area contributed by atoms with Gasteiger partial charge in [-0.15, -0.1) is 0 Å². The van der Waals surface area contributed by atoms with Crippen molar-refractivity contribution in [1.29, 1.82) is 0 Å². The van der Waals surface area contributed by atoms with Crippen molar-refractivity contribution in [2.75, 3.05) is 0 Å². The van der Waals surface area contributed by atoms with Gasteiger partial charge < -0.3 is 4.57 Å². The molecule has 0 aliphatic carbocycles. The molecule has 15 heavy (non-hydrogen) atoms. The third-order valence-corrected chi connectivity index (χ3v) is 2.61. The van der Waals surface area contributed by atoms with E-state index in [0.29, 0.717) is 0 Å². The van der Waals surface area contributed by atoms with Crippen LogP contribution in [0.2, 0.25) is 0 Å². The van der Waals surface area contributed by atoms with Crippen molar-refractivity contribution in [3.63, 3.8) is 0 Å². The van der Waals surface area contributed by atoms with E-state index in [4.69, 9.17) is 0 Å². The fourth-order valence-electron chi connectivity index (χ4n) is 1.83. The molecule has 0 spiro atoms. The molecule has 0 saturated carbocycles. The summed E-state index contributed by atoms with van der Waals surface area (Å²) in [5.74, 6) is 0. The first-order valence-corrected chi connectivity index (χ1v) is 5.06. The van der Waals surface area contributed by atoms with E-state index in [0.717, 1.165) is 0 Å². The molecule has 0 amide bonds. The fourth-order valence-corrected chi connectivity index (χ4v) is 1.83. The van der Waals surface area contributed by atoms with Crippen LogP contribution < -0.4 is 0 Å². The summed E-state index contributed by atoms with van der Waals surface area (Å²) in [7, 11) is 0. The second kappa shape index (κ2) is 3.28. The number of hydrogen-bond donors (Lipinski definition) is 0. The molecule has 0 saturated heterocycles.